The van der Waals surface area contributed by atoms with Gasteiger partial charge in [0.15, 0.2) is 0 Å². The van der Waals surface area contributed by atoms with E-state index in [0.717, 1.165) is 23.0 Å². The van der Waals surface area contributed by atoms with Crippen molar-refractivity contribution in [2.45, 2.75) is 25.4 Å². The molecule has 1 N–H and O–H groups in total. The van der Waals surface area contributed by atoms with Crippen molar-refractivity contribution in [1.82, 2.24) is 20.0 Å². The largest absolute Gasteiger partial charge is 0.314 e. The van der Waals surface area contributed by atoms with Gasteiger partial charge in [-0.1, -0.05) is 0 Å². The highest BCUT2D eigenvalue weighted by atomic mass is 79.9. The van der Waals surface area contributed by atoms with Crippen molar-refractivity contribution in [2.75, 3.05) is 19.6 Å². The zero-order chi connectivity index (χ0) is 11.8. The topological polar surface area (TPSA) is 33.1 Å². The third-order valence-corrected chi connectivity index (χ3v) is 4.79. The van der Waals surface area contributed by atoms with Crippen LogP contribution in [0.4, 0.5) is 0 Å². The molecule has 94 valence electrons. The van der Waals surface area contributed by atoms with Crippen LogP contribution < -0.4 is 5.32 Å². The Hall–Kier alpha value is -0.390. The number of nitrogens with zero attached hydrogens (tertiary/aromatic N) is 3. The lowest BCUT2D eigenvalue weighted by atomic mass is 9.93. The first-order valence-corrected chi connectivity index (χ1v) is 7.15. The van der Waals surface area contributed by atoms with Crippen molar-refractivity contribution in [3.05, 3.63) is 16.4 Å². The first-order valence-electron chi connectivity index (χ1n) is 6.36. The van der Waals surface area contributed by atoms with Crippen molar-refractivity contribution < 1.29 is 0 Å². The van der Waals surface area contributed by atoms with E-state index in [1.165, 1.54) is 38.2 Å². The van der Waals surface area contributed by atoms with E-state index >= 15 is 0 Å². The van der Waals surface area contributed by atoms with E-state index in [1.54, 1.807) is 0 Å². The summed E-state index contributed by atoms with van der Waals surface area (Å²) in [5.41, 5.74) is 1.29. The first-order chi connectivity index (χ1) is 8.24. The fourth-order valence-corrected chi connectivity index (χ4v) is 3.57. The summed E-state index contributed by atoms with van der Waals surface area (Å²) >= 11 is 3.58. The fourth-order valence-electron chi connectivity index (χ4n) is 3.09. The molecule has 0 amide bonds. The van der Waals surface area contributed by atoms with Crippen LogP contribution in [0.25, 0.3) is 0 Å². The standard InChI is InChI=1S/C12H19BrN4/c1-16-12(10(13)6-15-16)8-17-5-3-11-9(7-17)2-4-14-11/h6,9,11,14H,2-5,7-8H2,1H3. The summed E-state index contributed by atoms with van der Waals surface area (Å²) in [6.45, 7) is 4.65. The monoisotopic (exact) mass is 298 g/mol. The van der Waals surface area contributed by atoms with Gasteiger partial charge in [-0.05, 0) is 41.2 Å². The predicted molar refractivity (Wildman–Crippen MR) is 70.7 cm³/mol. The predicted octanol–water partition coefficient (Wildman–Crippen LogP) is 1.37. The lowest BCUT2D eigenvalue weighted by Crippen LogP contribution is -2.44. The molecule has 2 atom stereocenters. The highest BCUT2D eigenvalue weighted by molar-refractivity contribution is 9.10. The molecule has 2 saturated heterocycles. The Morgan fingerprint density at radius 2 is 2.41 bits per heavy atom. The number of halogens is 1. The summed E-state index contributed by atoms with van der Waals surface area (Å²) in [5.74, 6) is 0.857. The highest BCUT2D eigenvalue weighted by Crippen LogP contribution is 2.26. The second-order valence-electron chi connectivity index (χ2n) is 5.20. The van der Waals surface area contributed by atoms with E-state index in [4.69, 9.17) is 0 Å². The van der Waals surface area contributed by atoms with Gasteiger partial charge in [0, 0.05) is 32.7 Å². The number of piperidine rings is 1. The number of likely N-dealkylation sites (tertiary alicyclic amines) is 1. The summed E-state index contributed by atoms with van der Waals surface area (Å²) in [4.78, 5) is 2.57. The quantitative estimate of drug-likeness (QED) is 0.895. The molecule has 0 bridgehead atoms. The van der Waals surface area contributed by atoms with E-state index in [0.29, 0.717) is 0 Å². The first kappa shape index (κ1) is 11.7. The number of rotatable bonds is 2. The van der Waals surface area contributed by atoms with E-state index in [9.17, 15) is 0 Å². The van der Waals surface area contributed by atoms with Crippen LogP contribution in [0.5, 0.6) is 0 Å². The van der Waals surface area contributed by atoms with Crippen LogP contribution in [-0.4, -0.2) is 40.4 Å². The summed E-state index contributed by atoms with van der Waals surface area (Å²) in [6.07, 6.45) is 4.52. The molecular formula is C12H19BrN4. The minimum absolute atomic E-state index is 0.779. The van der Waals surface area contributed by atoms with Crippen LogP contribution in [0.1, 0.15) is 18.5 Å². The Bertz CT molecular complexity index is 384. The number of fused-ring (bicyclic) bond motifs is 1. The Kier molecular flexibility index (Phi) is 3.23. The fraction of sp³-hybridized carbons (Fsp3) is 0.750. The molecule has 3 rings (SSSR count). The van der Waals surface area contributed by atoms with Crippen molar-refractivity contribution in [2.24, 2.45) is 13.0 Å². The van der Waals surface area contributed by atoms with E-state index in [-0.39, 0.29) is 0 Å². The minimum atomic E-state index is 0.779. The van der Waals surface area contributed by atoms with Gasteiger partial charge in [0.05, 0.1) is 16.4 Å². The number of hydrogen-bond acceptors (Lipinski definition) is 3. The molecule has 0 radical (unpaired) electrons. The Morgan fingerprint density at radius 3 is 3.18 bits per heavy atom. The third kappa shape index (κ3) is 2.28. The molecular weight excluding hydrogens is 280 g/mol. The van der Waals surface area contributed by atoms with E-state index < -0.39 is 0 Å². The van der Waals surface area contributed by atoms with Gasteiger partial charge in [-0.2, -0.15) is 5.10 Å². The second kappa shape index (κ2) is 4.71. The molecule has 5 heteroatoms. The normalized spacial score (nSPS) is 29.5. The lowest BCUT2D eigenvalue weighted by Gasteiger charge is -2.34. The van der Waals surface area contributed by atoms with Gasteiger partial charge in [0.2, 0.25) is 0 Å². The molecule has 2 fully saturated rings. The summed E-state index contributed by atoms with van der Waals surface area (Å²) in [6, 6.07) is 0.779. The molecule has 2 unspecified atom stereocenters. The third-order valence-electron chi connectivity index (χ3n) is 4.12. The molecule has 0 aliphatic carbocycles. The van der Waals surface area contributed by atoms with Crippen LogP contribution in [0.2, 0.25) is 0 Å². The van der Waals surface area contributed by atoms with Gasteiger partial charge in [-0.3, -0.25) is 9.58 Å². The van der Waals surface area contributed by atoms with Gasteiger partial charge in [-0.25, -0.2) is 0 Å². The summed E-state index contributed by atoms with van der Waals surface area (Å²) < 4.78 is 3.11. The average Bonchev–Trinajstić information content (AvgIpc) is 2.90. The molecule has 0 aromatic carbocycles. The molecule has 4 nitrogen and oxygen atoms in total. The van der Waals surface area contributed by atoms with Crippen molar-refractivity contribution in [3.8, 4) is 0 Å². The molecule has 1 aromatic rings. The van der Waals surface area contributed by atoms with Crippen LogP contribution in [0.3, 0.4) is 0 Å². The highest BCUT2D eigenvalue weighted by Gasteiger charge is 2.32. The number of aryl methyl sites for hydroxylation is 1. The average molecular weight is 299 g/mol. The van der Waals surface area contributed by atoms with Gasteiger partial charge in [0.1, 0.15) is 0 Å². The van der Waals surface area contributed by atoms with Gasteiger partial charge in [0.25, 0.3) is 0 Å². The van der Waals surface area contributed by atoms with Crippen molar-refractivity contribution in [3.63, 3.8) is 0 Å². The lowest BCUT2D eigenvalue weighted by molar-refractivity contribution is 0.152. The van der Waals surface area contributed by atoms with Crippen LogP contribution >= 0.6 is 15.9 Å². The maximum Gasteiger partial charge on any atom is 0.0663 e. The van der Waals surface area contributed by atoms with Gasteiger partial charge >= 0.3 is 0 Å². The van der Waals surface area contributed by atoms with Crippen LogP contribution in [0, 0.1) is 5.92 Å². The maximum atomic E-state index is 4.28. The Morgan fingerprint density at radius 1 is 1.53 bits per heavy atom. The molecule has 17 heavy (non-hydrogen) atoms. The zero-order valence-corrected chi connectivity index (χ0v) is 11.8. The van der Waals surface area contributed by atoms with Gasteiger partial charge in [-0.15, -0.1) is 0 Å². The summed E-state index contributed by atoms with van der Waals surface area (Å²) in [5, 5.41) is 7.89. The Labute approximate surface area is 110 Å². The number of nitrogens with one attached hydrogen (secondary N) is 1. The second-order valence-corrected chi connectivity index (χ2v) is 6.05. The van der Waals surface area contributed by atoms with E-state index in [2.05, 4.69) is 31.2 Å². The van der Waals surface area contributed by atoms with E-state index in [1.807, 2.05) is 17.9 Å². The van der Waals surface area contributed by atoms with Crippen molar-refractivity contribution >= 4 is 15.9 Å². The van der Waals surface area contributed by atoms with Gasteiger partial charge < -0.3 is 5.32 Å². The molecule has 1 aromatic heterocycles. The SMILES string of the molecule is Cn1ncc(Br)c1CN1CCC2NCCC2C1. The Balaban J connectivity index is 1.66. The smallest absolute Gasteiger partial charge is 0.0663 e. The summed E-state index contributed by atoms with van der Waals surface area (Å²) in [7, 11) is 2.02. The van der Waals surface area contributed by atoms with Crippen LogP contribution in [0.15, 0.2) is 10.7 Å². The molecule has 3 heterocycles. The molecule has 0 spiro atoms. The number of hydrogen-bond donors (Lipinski definition) is 1. The maximum absolute atomic E-state index is 4.28. The zero-order valence-electron chi connectivity index (χ0n) is 10.2. The molecule has 2 aliphatic rings. The minimum Gasteiger partial charge on any atom is -0.314 e. The van der Waals surface area contributed by atoms with Crippen LogP contribution in [-0.2, 0) is 13.6 Å². The molecule has 2 aliphatic heterocycles. The number of aromatic nitrogens is 2. The molecule has 0 saturated carbocycles. The van der Waals surface area contributed by atoms with Crippen molar-refractivity contribution in [1.29, 1.82) is 0 Å².